The van der Waals surface area contributed by atoms with E-state index in [1.807, 2.05) is 19.9 Å². The highest BCUT2D eigenvalue weighted by molar-refractivity contribution is 9.10. The maximum atomic E-state index is 12.3. The molecule has 0 aromatic heterocycles. The fraction of sp³-hybridized carbons (Fsp3) is 0.286. The molecule has 0 bridgehead atoms. The molecule has 19 heavy (non-hydrogen) atoms. The molecule has 102 valence electrons. The highest BCUT2D eigenvalue weighted by Crippen LogP contribution is 2.15. The molecule has 4 nitrogen and oxygen atoms in total. The molecule has 0 aliphatic carbocycles. The minimum absolute atomic E-state index is 0.0192. The predicted octanol–water partition coefficient (Wildman–Crippen LogP) is 2.69. The van der Waals surface area contributed by atoms with E-state index >= 15 is 0 Å². The monoisotopic (exact) mass is 325 g/mol. The number of carbonyl (C=O) groups is 2. The number of ether oxygens (including phenoxy) is 1. The molecule has 0 atom stereocenters. The highest BCUT2D eigenvalue weighted by atomic mass is 79.9. The second kappa shape index (κ2) is 7.09. The van der Waals surface area contributed by atoms with E-state index in [4.69, 9.17) is 0 Å². The Morgan fingerprint density at radius 3 is 2.58 bits per heavy atom. The van der Waals surface area contributed by atoms with Gasteiger partial charge >= 0.3 is 5.97 Å². The first kappa shape index (κ1) is 15.4. The van der Waals surface area contributed by atoms with Gasteiger partial charge in [-0.1, -0.05) is 28.1 Å². The number of rotatable bonds is 5. The number of esters is 1. The lowest BCUT2D eigenvalue weighted by atomic mass is 10.0. The fourth-order valence-corrected chi connectivity index (χ4v) is 1.76. The van der Waals surface area contributed by atoms with Crippen molar-refractivity contribution in [2.75, 3.05) is 7.11 Å². The summed E-state index contributed by atoms with van der Waals surface area (Å²) in [7, 11) is 1.25. The zero-order chi connectivity index (χ0) is 14.4. The molecule has 0 amide bonds. The molecule has 0 saturated carbocycles. The smallest absolute Gasteiger partial charge is 0.343 e. The summed E-state index contributed by atoms with van der Waals surface area (Å²) in [6, 6.07) is 6.98. The summed E-state index contributed by atoms with van der Waals surface area (Å²) in [6.07, 6.45) is 1.40. The lowest BCUT2D eigenvalue weighted by Crippen LogP contribution is -2.22. The molecular formula is C14H16BrNO3. The summed E-state index contributed by atoms with van der Waals surface area (Å²) < 4.78 is 5.41. The molecule has 0 fully saturated rings. The van der Waals surface area contributed by atoms with Crippen molar-refractivity contribution in [1.29, 1.82) is 0 Å². The van der Waals surface area contributed by atoms with Gasteiger partial charge in [0.05, 0.1) is 7.11 Å². The lowest BCUT2D eigenvalue weighted by Gasteiger charge is -2.08. The van der Waals surface area contributed by atoms with E-state index in [-0.39, 0.29) is 17.4 Å². The summed E-state index contributed by atoms with van der Waals surface area (Å²) in [4.78, 5) is 23.9. The minimum Gasteiger partial charge on any atom is -0.465 e. The topological polar surface area (TPSA) is 55.4 Å². The zero-order valence-electron chi connectivity index (χ0n) is 11.1. The van der Waals surface area contributed by atoms with Crippen LogP contribution in [0.4, 0.5) is 0 Å². The highest BCUT2D eigenvalue weighted by Gasteiger charge is 2.20. The largest absolute Gasteiger partial charge is 0.465 e. The molecule has 1 aromatic carbocycles. The van der Waals surface area contributed by atoms with Gasteiger partial charge in [-0.15, -0.1) is 0 Å². The van der Waals surface area contributed by atoms with Crippen LogP contribution < -0.4 is 5.32 Å². The van der Waals surface area contributed by atoms with Crippen LogP contribution >= 0.6 is 15.9 Å². The molecule has 5 heteroatoms. The van der Waals surface area contributed by atoms with E-state index in [0.29, 0.717) is 5.56 Å². The Labute approximate surface area is 121 Å². The molecular weight excluding hydrogens is 310 g/mol. The SMILES string of the molecule is COC(=O)C(=CNC(C)C)C(=O)c1cccc(Br)c1. The molecule has 0 spiro atoms. The van der Waals surface area contributed by atoms with Crippen molar-refractivity contribution in [1.82, 2.24) is 5.32 Å². The molecule has 0 unspecified atom stereocenters. The lowest BCUT2D eigenvalue weighted by molar-refractivity contribution is -0.135. The summed E-state index contributed by atoms with van der Waals surface area (Å²) >= 11 is 3.29. The number of hydrogen-bond donors (Lipinski definition) is 1. The van der Waals surface area contributed by atoms with Crippen LogP contribution in [-0.4, -0.2) is 24.9 Å². The van der Waals surface area contributed by atoms with Gasteiger partial charge in [0.2, 0.25) is 5.78 Å². The van der Waals surface area contributed by atoms with Gasteiger partial charge in [-0.2, -0.15) is 0 Å². The van der Waals surface area contributed by atoms with E-state index in [1.165, 1.54) is 13.3 Å². The van der Waals surface area contributed by atoms with Crippen LogP contribution in [0.15, 0.2) is 40.5 Å². The van der Waals surface area contributed by atoms with Crippen molar-refractivity contribution in [3.63, 3.8) is 0 Å². The van der Waals surface area contributed by atoms with Crippen molar-refractivity contribution in [3.8, 4) is 0 Å². The zero-order valence-corrected chi connectivity index (χ0v) is 12.7. The van der Waals surface area contributed by atoms with Crippen molar-refractivity contribution in [2.45, 2.75) is 19.9 Å². The van der Waals surface area contributed by atoms with Crippen molar-refractivity contribution < 1.29 is 14.3 Å². The van der Waals surface area contributed by atoms with Crippen LogP contribution in [0.5, 0.6) is 0 Å². The molecule has 0 saturated heterocycles. The second-order valence-corrected chi connectivity index (χ2v) is 5.13. The van der Waals surface area contributed by atoms with Gasteiger partial charge in [0.15, 0.2) is 0 Å². The number of methoxy groups -OCH3 is 1. The van der Waals surface area contributed by atoms with Crippen LogP contribution in [0.25, 0.3) is 0 Å². The van der Waals surface area contributed by atoms with Gasteiger partial charge < -0.3 is 10.1 Å². The van der Waals surface area contributed by atoms with Gasteiger partial charge in [0, 0.05) is 22.3 Å². The quantitative estimate of drug-likeness (QED) is 0.297. The van der Waals surface area contributed by atoms with Crippen LogP contribution in [0.3, 0.4) is 0 Å². The van der Waals surface area contributed by atoms with Gasteiger partial charge in [-0.3, -0.25) is 4.79 Å². The summed E-state index contributed by atoms with van der Waals surface area (Å²) in [5, 5.41) is 2.93. The number of nitrogens with one attached hydrogen (secondary N) is 1. The Hall–Kier alpha value is -1.62. The fourth-order valence-electron chi connectivity index (χ4n) is 1.36. The molecule has 0 aliphatic rings. The Morgan fingerprint density at radius 1 is 1.37 bits per heavy atom. The number of carbonyl (C=O) groups excluding carboxylic acids is 2. The summed E-state index contributed by atoms with van der Waals surface area (Å²) in [6.45, 7) is 3.82. The molecule has 0 heterocycles. The van der Waals surface area contributed by atoms with Crippen molar-refractivity contribution >= 4 is 27.7 Å². The average Bonchev–Trinajstić information content (AvgIpc) is 2.38. The third-order valence-corrected chi connectivity index (χ3v) is 2.79. The average molecular weight is 326 g/mol. The molecule has 1 N–H and O–H groups in total. The third-order valence-electron chi connectivity index (χ3n) is 2.30. The van der Waals surface area contributed by atoms with Gasteiger partial charge in [-0.25, -0.2) is 4.79 Å². The van der Waals surface area contributed by atoms with Gasteiger partial charge in [0.1, 0.15) is 5.57 Å². The number of Topliss-reactive ketones (excluding diaryl/α,β-unsaturated/α-hetero) is 1. The normalized spacial score (nSPS) is 11.3. The van der Waals surface area contributed by atoms with Gasteiger partial charge in [-0.05, 0) is 26.0 Å². The third kappa shape index (κ3) is 4.52. The van der Waals surface area contributed by atoms with Crippen LogP contribution in [0, 0.1) is 0 Å². The molecule has 0 radical (unpaired) electrons. The molecule has 1 aromatic rings. The maximum Gasteiger partial charge on any atom is 0.343 e. The number of benzene rings is 1. The summed E-state index contributed by atoms with van der Waals surface area (Å²) in [5.74, 6) is -1.03. The Kier molecular flexibility index (Phi) is 5.76. The predicted molar refractivity (Wildman–Crippen MR) is 76.8 cm³/mol. The van der Waals surface area contributed by atoms with Crippen molar-refractivity contribution in [3.05, 3.63) is 46.1 Å². The second-order valence-electron chi connectivity index (χ2n) is 4.21. The van der Waals surface area contributed by atoms with E-state index in [2.05, 4.69) is 26.0 Å². The Morgan fingerprint density at radius 2 is 2.05 bits per heavy atom. The number of halogens is 1. The minimum atomic E-state index is -0.655. The van der Waals surface area contributed by atoms with E-state index in [0.717, 1.165) is 4.47 Å². The molecule has 0 aliphatic heterocycles. The van der Waals surface area contributed by atoms with Crippen LogP contribution in [0.2, 0.25) is 0 Å². The Balaban J connectivity index is 3.07. The standard InChI is InChI=1S/C14H16BrNO3/c1-9(2)16-8-12(14(18)19-3)13(17)10-5-4-6-11(15)7-10/h4-9,16H,1-3H3. The molecule has 1 rings (SSSR count). The van der Waals surface area contributed by atoms with Crippen LogP contribution in [0.1, 0.15) is 24.2 Å². The first-order valence-electron chi connectivity index (χ1n) is 5.80. The maximum absolute atomic E-state index is 12.3. The van der Waals surface area contributed by atoms with E-state index in [1.54, 1.807) is 18.2 Å². The van der Waals surface area contributed by atoms with E-state index in [9.17, 15) is 9.59 Å². The van der Waals surface area contributed by atoms with Crippen molar-refractivity contribution in [2.24, 2.45) is 0 Å². The van der Waals surface area contributed by atoms with Crippen LogP contribution in [-0.2, 0) is 9.53 Å². The first-order valence-corrected chi connectivity index (χ1v) is 6.59. The van der Waals surface area contributed by atoms with E-state index < -0.39 is 5.97 Å². The Bertz CT molecular complexity index is 509. The first-order chi connectivity index (χ1) is 8.95. The number of hydrogen-bond acceptors (Lipinski definition) is 4. The number of ketones is 1. The summed E-state index contributed by atoms with van der Waals surface area (Å²) in [5.41, 5.74) is 0.408. The van der Waals surface area contributed by atoms with Gasteiger partial charge in [0.25, 0.3) is 0 Å².